The Morgan fingerprint density at radius 1 is 0.647 bits per heavy atom. The Hall–Kier alpha value is -3.62. The van der Waals surface area contributed by atoms with E-state index in [2.05, 4.69) is 93.6 Å². The average Bonchev–Trinajstić information content (AvgIpc) is 2.84. The Bertz CT molecular complexity index is 1200. The zero-order chi connectivity index (χ0) is 24.3. The number of rotatable bonds is 7. The molecule has 5 heteroatoms. The normalized spacial score (nSPS) is 11.3. The van der Waals surface area contributed by atoms with Gasteiger partial charge in [0.1, 0.15) is 29.3 Å². The van der Waals surface area contributed by atoms with Crippen LogP contribution < -0.4 is 15.9 Å². The standard InChI is InChI=1S/C29H27NO3P/c1-21-4-14-26(15-5-21)34(27-16-6-22(2)7-17-27,28-18-8-23(3)9-19-28)20-29(31)24-10-12-25(13-11-24)30(32)33/h4-19H,20H2,1-3H3/q+1. The topological polar surface area (TPSA) is 60.2 Å². The van der Waals surface area contributed by atoms with E-state index < -0.39 is 12.2 Å². The molecule has 0 amide bonds. The molecule has 0 aliphatic carbocycles. The van der Waals surface area contributed by atoms with E-state index in [1.807, 2.05) is 0 Å². The molecule has 4 aromatic carbocycles. The van der Waals surface area contributed by atoms with E-state index in [-0.39, 0.29) is 11.5 Å². The van der Waals surface area contributed by atoms with Gasteiger partial charge in [-0.15, -0.1) is 0 Å². The molecule has 0 bridgehead atoms. The number of nitro groups is 1. The summed E-state index contributed by atoms with van der Waals surface area (Å²) >= 11 is 0. The first-order chi connectivity index (χ1) is 16.3. The van der Waals surface area contributed by atoms with Crippen LogP contribution in [-0.2, 0) is 0 Å². The number of Topliss-reactive ketones (excluding diaryl/α,β-unsaturated/α-hetero) is 1. The first kappa shape index (κ1) is 23.5. The van der Waals surface area contributed by atoms with Crippen molar-refractivity contribution in [2.75, 3.05) is 6.16 Å². The van der Waals surface area contributed by atoms with Crippen molar-refractivity contribution in [2.45, 2.75) is 20.8 Å². The minimum Gasteiger partial charge on any atom is -0.290 e. The average molecular weight is 469 g/mol. The lowest BCUT2D eigenvalue weighted by atomic mass is 10.1. The van der Waals surface area contributed by atoms with E-state index in [1.165, 1.54) is 12.1 Å². The lowest BCUT2D eigenvalue weighted by molar-refractivity contribution is -0.384. The molecule has 4 rings (SSSR count). The largest absolute Gasteiger partial charge is 0.290 e. The lowest BCUT2D eigenvalue weighted by Gasteiger charge is -2.27. The lowest BCUT2D eigenvalue weighted by Crippen LogP contribution is -2.36. The molecule has 0 saturated heterocycles. The third-order valence-electron chi connectivity index (χ3n) is 6.21. The highest BCUT2D eigenvalue weighted by Crippen LogP contribution is 2.55. The van der Waals surface area contributed by atoms with E-state index in [9.17, 15) is 14.9 Å². The molecule has 0 radical (unpaired) electrons. The second-order valence-corrected chi connectivity index (χ2v) is 12.2. The number of hydrogen-bond donors (Lipinski definition) is 0. The van der Waals surface area contributed by atoms with Crippen molar-refractivity contribution in [2.24, 2.45) is 0 Å². The smallest absolute Gasteiger partial charge is 0.269 e. The molecule has 0 N–H and O–H groups in total. The second kappa shape index (κ2) is 9.70. The predicted molar refractivity (Wildman–Crippen MR) is 142 cm³/mol. The summed E-state index contributed by atoms with van der Waals surface area (Å²) in [6.45, 7) is 6.18. The van der Waals surface area contributed by atoms with E-state index in [0.717, 1.165) is 32.6 Å². The van der Waals surface area contributed by atoms with Crippen molar-refractivity contribution in [3.8, 4) is 0 Å². The van der Waals surface area contributed by atoms with Crippen molar-refractivity contribution in [1.82, 2.24) is 0 Å². The summed E-state index contributed by atoms with van der Waals surface area (Å²) in [5, 5.41) is 14.5. The third-order valence-corrected chi connectivity index (χ3v) is 10.5. The van der Waals surface area contributed by atoms with Crippen LogP contribution in [0.3, 0.4) is 0 Å². The Labute approximate surface area is 200 Å². The van der Waals surface area contributed by atoms with Crippen molar-refractivity contribution in [1.29, 1.82) is 0 Å². The minimum atomic E-state index is -2.35. The fourth-order valence-corrected chi connectivity index (χ4v) is 8.22. The van der Waals surface area contributed by atoms with Crippen molar-refractivity contribution < 1.29 is 9.72 Å². The maximum atomic E-state index is 13.7. The molecule has 0 fully saturated rings. The quantitative estimate of drug-likeness (QED) is 0.151. The first-order valence-electron chi connectivity index (χ1n) is 11.2. The van der Waals surface area contributed by atoms with Gasteiger partial charge in [-0.25, -0.2) is 0 Å². The molecule has 4 nitrogen and oxygen atoms in total. The van der Waals surface area contributed by atoms with Crippen LogP contribution in [0.4, 0.5) is 5.69 Å². The van der Waals surface area contributed by atoms with Gasteiger partial charge in [0.2, 0.25) is 5.78 Å². The molecule has 0 heterocycles. The Kier molecular flexibility index (Phi) is 6.72. The fraction of sp³-hybridized carbons (Fsp3) is 0.138. The molecule has 0 atom stereocenters. The van der Waals surface area contributed by atoms with Crippen LogP contribution in [0.1, 0.15) is 27.0 Å². The fourth-order valence-electron chi connectivity index (χ4n) is 4.19. The van der Waals surface area contributed by atoms with Gasteiger partial charge < -0.3 is 0 Å². The van der Waals surface area contributed by atoms with Crippen LogP contribution in [0.25, 0.3) is 0 Å². The molecule has 34 heavy (non-hydrogen) atoms. The van der Waals surface area contributed by atoms with Gasteiger partial charge in [0.25, 0.3) is 5.69 Å². The van der Waals surface area contributed by atoms with Gasteiger partial charge in [-0.3, -0.25) is 14.9 Å². The van der Waals surface area contributed by atoms with Crippen molar-refractivity contribution in [3.63, 3.8) is 0 Å². The number of nitrogens with zero attached hydrogens (tertiary/aromatic N) is 1. The van der Waals surface area contributed by atoms with Gasteiger partial charge in [0, 0.05) is 17.7 Å². The van der Waals surface area contributed by atoms with Crippen LogP contribution in [-0.4, -0.2) is 16.9 Å². The molecule has 4 aromatic rings. The summed E-state index contributed by atoms with van der Waals surface area (Å²) < 4.78 is 0. The Morgan fingerprint density at radius 2 is 1.00 bits per heavy atom. The molecule has 0 saturated carbocycles. The van der Waals surface area contributed by atoms with E-state index in [0.29, 0.717) is 11.7 Å². The number of non-ortho nitro benzene ring substituents is 1. The van der Waals surface area contributed by atoms with Crippen molar-refractivity contribution >= 4 is 34.6 Å². The Morgan fingerprint density at radius 3 is 1.32 bits per heavy atom. The summed E-state index contributed by atoms with van der Waals surface area (Å²) in [4.78, 5) is 24.3. The molecule has 0 aliphatic rings. The summed E-state index contributed by atoms with van der Waals surface area (Å²) in [6, 6.07) is 31.4. The zero-order valence-electron chi connectivity index (χ0n) is 19.6. The zero-order valence-corrected chi connectivity index (χ0v) is 20.5. The number of hydrogen-bond acceptors (Lipinski definition) is 3. The van der Waals surface area contributed by atoms with Gasteiger partial charge in [-0.05, 0) is 69.3 Å². The molecule has 0 aromatic heterocycles. The highest BCUT2D eigenvalue weighted by molar-refractivity contribution is 7.96. The van der Waals surface area contributed by atoms with Gasteiger partial charge in [-0.2, -0.15) is 0 Å². The molecule has 0 unspecified atom stereocenters. The van der Waals surface area contributed by atoms with Crippen molar-refractivity contribution in [3.05, 3.63) is 129 Å². The monoisotopic (exact) mass is 468 g/mol. The highest BCUT2D eigenvalue weighted by atomic mass is 31.2. The maximum absolute atomic E-state index is 13.7. The molecule has 0 aliphatic heterocycles. The molecule has 0 spiro atoms. The van der Waals surface area contributed by atoms with Gasteiger partial charge in [-0.1, -0.05) is 53.1 Å². The van der Waals surface area contributed by atoms with E-state index >= 15 is 0 Å². The minimum absolute atomic E-state index is 0.0202. The Balaban J connectivity index is 1.92. The highest BCUT2D eigenvalue weighted by Gasteiger charge is 2.47. The molecule has 170 valence electrons. The van der Waals surface area contributed by atoms with Gasteiger partial charge in [0.05, 0.1) is 4.92 Å². The van der Waals surface area contributed by atoms with Crippen LogP contribution in [0.15, 0.2) is 97.1 Å². The SMILES string of the molecule is Cc1ccc([P+](CC(=O)c2ccc([N+](=O)[O-])cc2)(c2ccc(C)cc2)c2ccc(C)cc2)cc1. The second-order valence-electron chi connectivity index (χ2n) is 8.70. The number of carbonyl (C=O) groups excluding carboxylic acids is 1. The first-order valence-corrected chi connectivity index (χ1v) is 13.1. The van der Waals surface area contributed by atoms with Crippen LogP contribution in [0, 0.1) is 30.9 Å². The summed E-state index contributed by atoms with van der Waals surface area (Å²) in [5.41, 5.74) is 3.96. The van der Waals surface area contributed by atoms with E-state index in [4.69, 9.17) is 0 Å². The van der Waals surface area contributed by atoms with Crippen LogP contribution in [0.5, 0.6) is 0 Å². The van der Waals surface area contributed by atoms with E-state index in [1.54, 1.807) is 12.1 Å². The summed E-state index contributed by atoms with van der Waals surface area (Å²) in [6.07, 6.45) is 0.306. The number of nitro benzene ring substituents is 1. The number of benzene rings is 4. The number of carbonyl (C=O) groups is 1. The maximum Gasteiger partial charge on any atom is 0.269 e. The summed E-state index contributed by atoms with van der Waals surface area (Å²) in [5.74, 6) is -0.0232. The number of aryl methyl sites for hydroxylation is 3. The molecular weight excluding hydrogens is 441 g/mol. The number of ketones is 1. The van der Waals surface area contributed by atoms with Gasteiger partial charge >= 0.3 is 0 Å². The van der Waals surface area contributed by atoms with Crippen LogP contribution in [0.2, 0.25) is 0 Å². The molecular formula is C29H27NO3P+. The predicted octanol–water partition coefficient (Wildman–Crippen LogP) is 5.70. The van der Waals surface area contributed by atoms with Crippen LogP contribution >= 0.6 is 7.26 Å². The van der Waals surface area contributed by atoms with Gasteiger partial charge in [0.15, 0.2) is 0 Å². The third kappa shape index (κ3) is 4.69. The summed E-state index contributed by atoms with van der Waals surface area (Å²) in [7, 11) is -2.35.